The number of guanidine groups is 1. The fraction of sp³-hybridized carbons (Fsp3) is 0.500. The maximum atomic E-state index is 5.97. The smallest absolute Gasteiger partial charge is 0.191 e. The number of hydrogen-bond acceptors (Lipinski definition) is 1. The van der Waals surface area contributed by atoms with E-state index in [1.807, 2.05) is 12.1 Å². The van der Waals surface area contributed by atoms with E-state index in [0.717, 1.165) is 24.5 Å². The van der Waals surface area contributed by atoms with Gasteiger partial charge in [-0.1, -0.05) is 23.2 Å². The van der Waals surface area contributed by atoms with Crippen molar-refractivity contribution in [1.82, 2.24) is 10.6 Å². The molecule has 0 atom stereocenters. The van der Waals surface area contributed by atoms with E-state index in [2.05, 4.69) is 36.4 Å². The molecule has 0 bridgehead atoms. The highest BCUT2D eigenvalue weighted by Crippen LogP contribution is 2.19. The van der Waals surface area contributed by atoms with Gasteiger partial charge in [-0.15, -0.1) is 0 Å². The van der Waals surface area contributed by atoms with E-state index in [0.29, 0.717) is 10.0 Å². The Hall–Kier alpha value is -0.930. The highest BCUT2D eigenvalue weighted by atomic mass is 35.5. The molecule has 0 heterocycles. The quantitative estimate of drug-likeness (QED) is 0.662. The van der Waals surface area contributed by atoms with Crippen molar-refractivity contribution in [2.45, 2.75) is 32.7 Å². The largest absolute Gasteiger partial charge is 0.356 e. The number of hydrogen-bond donors (Lipinski definition) is 2. The number of nitrogens with zero attached hydrogens (tertiary/aromatic N) is 1. The summed E-state index contributed by atoms with van der Waals surface area (Å²) in [7, 11) is 1.76. The molecule has 1 aromatic carbocycles. The minimum absolute atomic E-state index is 0.0127. The van der Waals surface area contributed by atoms with Crippen LogP contribution in [0.1, 0.15) is 26.3 Å². The van der Waals surface area contributed by atoms with Gasteiger partial charge in [-0.25, -0.2) is 0 Å². The second-order valence-corrected chi connectivity index (χ2v) is 6.27. The van der Waals surface area contributed by atoms with Crippen LogP contribution in [0, 0.1) is 0 Å². The molecule has 0 saturated carbocycles. The topological polar surface area (TPSA) is 36.4 Å². The lowest BCUT2D eigenvalue weighted by Crippen LogP contribution is -2.48. The van der Waals surface area contributed by atoms with Gasteiger partial charge in [0.15, 0.2) is 5.96 Å². The number of rotatable bonds is 3. The standard InChI is InChI=1S/C14H21Cl2N3/c1-14(2,3)19-13(17-4)18-6-5-10-7-11(15)9-12(16)8-10/h7-9H,5-6H2,1-4H3,(H2,17,18,19). The summed E-state index contributed by atoms with van der Waals surface area (Å²) < 4.78 is 0. The second kappa shape index (κ2) is 7.01. The molecule has 1 rings (SSSR count). The molecule has 0 aliphatic heterocycles. The van der Waals surface area contributed by atoms with Crippen LogP contribution in [0.15, 0.2) is 23.2 Å². The van der Waals surface area contributed by atoms with Gasteiger partial charge in [0.1, 0.15) is 0 Å². The Morgan fingerprint density at radius 3 is 2.21 bits per heavy atom. The molecule has 1 aromatic rings. The Bertz CT molecular complexity index is 430. The highest BCUT2D eigenvalue weighted by Gasteiger charge is 2.11. The second-order valence-electron chi connectivity index (χ2n) is 5.40. The molecule has 0 unspecified atom stereocenters. The molecule has 2 N–H and O–H groups in total. The Morgan fingerprint density at radius 1 is 1.16 bits per heavy atom. The van der Waals surface area contributed by atoms with Crippen molar-refractivity contribution in [2.75, 3.05) is 13.6 Å². The molecule has 5 heteroatoms. The highest BCUT2D eigenvalue weighted by molar-refractivity contribution is 6.34. The van der Waals surface area contributed by atoms with Crippen LogP contribution < -0.4 is 10.6 Å². The van der Waals surface area contributed by atoms with Crippen LogP contribution in [0.25, 0.3) is 0 Å². The van der Waals surface area contributed by atoms with E-state index in [1.54, 1.807) is 13.1 Å². The van der Waals surface area contributed by atoms with Crippen LogP contribution in [-0.4, -0.2) is 25.1 Å². The summed E-state index contributed by atoms with van der Waals surface area (Å²) in [6.45, 7) is 7.05. The maximum absolute atomic E-state index is 5.97. The maximum Gasteiger partial charge on any atom is 0.191 e. The van der Waals surface area contributed by atoms with Crippen molar-refractivity contribution < 1.29 is 0 Å². The lowest BCUT2D eigenvalue weighted by Gasteiger charge is -2.23. The summed E-state index contributed by atoms with van der Waals surface area (Å²) in [4.78, 5) is 4.18. The minimum Gasteiger partial charge on any atom is -0.356 e. The van der Waals surface area contributed by atoms with Gasteiger partial charge < -0.3 is 10.6 Å². The third-order valence-electron chi connectivity index (χ3n) is 2.35. The molecule has 19 heavy (non-hydrogen) atoms. The Morgan fingerprint density at radius 2 is 1.74 bits per heavy atom. The van der Waals surface area contributed by atoms with Gasteiger partial charge >= 0.3 is 0 Å². The van der Waals surface area contributed by atoms with Crippen molar-refractivity contribution in [3.8, 4) is 0 Å². The van der Waals surface area contributed by atoms with E-state index < -0.39 is 0 Å². The van der Waals surface area contributed by atoms with Crippen LogP contribution in [0.2, 0.25) is 10.0 Å². The first kappa shape index (κ1) is 16.1. The fourth-order valence-corrected chi connectivity index (χ4v) is 2.19. The zero-order chi connectivity index (χ0) is 14.5. The molecule has 0 saturated heterocycles. The van der Waals surface area contributed by atoms with Gasteiger partial charge in [-0.2, -0.15) is 0 Å². The molecule has 0 aliphatic carbocycles. The first-order chi connectivity index (χ1) is 8.80. The van der Waals surface area contributed by atoms with Gasteiger partial charge in [-0.05, 0) is 51.0 Å². The first-order valence-corrected chi connectivity index (χ1v) is 6.99. The SMILES string of the molecule is CN=C(NCCc1cc(Cl)cc(Cl)c1)NC(C)(C)C. The molecular formula is C14H21Cl2N3. The van der Waals surface area contributed by atoms with Crippen LogP contribution in [0.3, 0.4) is 0 Å². The zero-order valence-electron chi connectivity index (χ0n) is 11.8. The third-order valence-corrected chi connectivity index (χ3v) is 2.78. The van der Waals surface area contributed by atoms with Gasteiger partial charge in [0.25, 0.3) is 0 Å². The molecule has 0 aromatic heterocycles. The number of halogens is 2. The van der Waals surface area contributed by atoms with E-state index in [4.69, 9.17) is 23.2 Å². The van der Waals surface area contributed by atoms with Gasteiger partial charge in [0.05, 0.1) is 0 Å². The third kappa shape index (κ3) is 6.69. The molecule has 0 spiro atoms. The molecular weight excluding hydrogens is 281 g/mol. The average molecular weight is 302 g/mol. The molecule has 106 valence electrons. The van der Waals surface area contributed by atoms with Crippen molar-refractivity contribution in [1.29, 1.82) is 0 Å². The van der Waals surface area contributed by atoms with Crippen molar-refractivity contribution in [3.05, 3.63) is 33.8 Å². The number of nitrogens with one attached hydrogen (secondary N) is 2. The summed E-state index contributed by atoms with van der Waals surface area (Å²) >= 11 is 11.9. The number of benzene rings is 1. The summed E-state index contributed by atoms with van der Waals surface area (Å²) in [5.74, 6) is 0.792. The lowest BCUT2D eigenvalue weighted by molar-refractivity contribution is 0.501. The van der Waals surface area contributed by atoms with Gasteiger partial charge in [-0.3, -0.25) is 4.99 Å². The van der Waals surface area contributed by atoms with E-state index in [1.165, 1.54) is 0 Å². The van der Waals surface area contributed by atoms with Crippen LogP contribution in [0.4, 0.5) is 0 Å². The summed E-state index contributed by atoms with van der Waals surface area (Å²) in [5, 5.41) is 7.90. The van der Waals surface area contributed by atoms with Crippen molar-refractivity contribution >= 4 is 29.2 Å². The molecule has 0 radical (unpaired) electrons. The predicted molar refractivity (Wildman–Crippen MR) is 84.4 cm³/mol. The molecule has 0 aliphatic rings. The normalized spacial score (nSPS) is 12.4. The fourth-order valence-electron chi connectivity index (χ4n) is 1.61. The molecule has 0 fully saturated rings. The van der Waals surface area contributed by atoms with E-state index in [-0.39, 0.29) is 5.54 Å². The van der Waals surface area contributed by atoms with Crippen molar-refractivity contribution in [3.63, 3.8) is 0 Å². The first-order valence-electron chi connectivity index (χ1n) is 6.24. The average Bonchev–Trinajstić information content (AvgIpc) is 2.24. The van der Waals surface area contributed by atoms with Gasteiger partial charge in [0.2, 0.25) is 0 Å². The van der Waals surface area contributed by atoms with Gasteiger partial charge in [0, 0.05) is 29.2 Å². The van der Waals surface area contributed by atoms with Crippen LogP contribution in [0.5, 0.6) is 0 Å². The van der Waals surface area contributed by atoms with E-state index >= 15 is 0 Å². The van der Waals surface area contributed by atoms with Crippen LogP contribution >= 0.6 is 23.2 Å². The number of aliphatic imine (C=N–C) groups is 1. The summed E-state index contributed by atoms with van der Waals surface area (Å²) in [6.07, 6.45) is 0.838. The predicted octanol–water partition coefficient (Wildman–Crippen LogP) is 3.50. The van der Waals surface area contributed by atoms with Crippen molar-refractivity contribution in [2.24, 2.45) is 4.99 Å². The zero-order valence-corrected chi connectivity index (χ0v) is 13.4. The Balaban J connectivity index is 2.49. The van der Waals surface area contributed by atoms with E-state index in [9.17, 15) is 0 Å². The van der Waals surface area contributed by atoms with Crippen LogP contribution in [-0.2, 0) is 6.42 Å². The summed E-state index contributed by atoms with van der Waals surface area (Å²) in [6, 6.07) is 5.59. The Labute approximate surface area is 125 Å². The monoisotopic (exact) mass is 301 g/mol. The Kier molecular flexibility index (Phi) is 5.95. The molecule has 3 nitrogen and oxygen atoms in total. The summed E-state index contributed by atoms with van der Waals surface area (Å²) in [5.41, 5.74) is 1.09. The molecule has 0 amide bonds. The minimum atomic E-state index is -0.0127. The lowest BCUT2D eigenvalue weighted by atomic mass is 10.1.